The van der Waals surface area contributed by atoms with Crippen LogP contribution in [0.1, 0.15) is 48.3 Å². The van der Waals surface area contributed by atoms with Gasteiger partial charge in [-0.3, -0.25) is 0 Å². The Labute approximate surface area is 149 Å². The van der Waals surface area contributed by atoms with Crippen LogP contribution >= 0.6 is 0 Å². The van der Waals surface area contributed by atoms with E-state index in [0.29, 0.717) is 0 Å². The van der Waals surface area contributed by atoms with Crippen molar-refractivity contribution in [2.45, 2.75) is 51.6 Å². The molecule has 2 aromatic heterocycles. The second-order valence-electron chi connectivity index (χ2n) is 6.58. The molecule has 0 saturated carbocycles. The van der Waals surface area contributed by atoms with E-state index in [-0.39, 0.29) is 0 Å². The maximum atomic E-state index is 10.1. The molecular formula is C20H26N4O. The lowest BCUT2D eigenvalue weighted by atomic mass is 10.0. The Balaban J connectivity index is 1.40. The summed E-state index contributed by atoms with van der Waals surface area (Å²) in [6, 6.07) is 4.34. The van der Waals surface area contributed by atoms with Crippen LogP contribution in [-0.2, 0) is 12.8 Å². The molecule has 25 heavy (non-hydrogen) atoms. The number of anilines is 1. The Kier molecular flexibility index (Phi) is 6.12. The van der Waals surface area contributed by atoms with E-state index in [1.165, 1.54) is 12.0 Å². The van der Waals surface area contributed by atoms with Crippen LogP contribution < -0.4 is 5.32 Å². The number of aryl methyl sites for hydroxylation is 3. The Morgan fingerprint density at radius 3 is 2.92 bits per heavy atom. The SMILES string of the molecule is Cc1ncc(/C=C/C(O)CCCCc2ccc3c(n2)NCCC3)cn1. The Bertz CT molecular complexity index is 712. The van der Waals surface area contributed by atoms with E-state index in [1.54, 1.807) is 12.4 Å². The number of aromatic nitrogens is 3. The van der Waals surface area contributed by atoms with Crippen molar-refractivity contribution in [3.63, 3.8) is 0 Å². The third-order valence-corrected chi connectivity index (χ3v) is 4.45. The summed E-state index contributed by atoms with van der Waals surface area (Å²) >= 11 is 0. The number of nitrogens with one attached hydrogen (secondary N) is 1. The Morgan fingerprint density at radius 2 is 2.08 bits per heavy atom. The lowest BCUT2D eigenvalue weighted by Gasteiger charge is -2.17. The molecule has 5 heteroatoms. The number of nitrogens with zero attached hydrogens (tertiary/aromatic N) is 3. The maximum absolute atomic E-state index is 10.1. The summed E-state index contributed by atoms with van der Waals surface area (Å²) in [5.74, 6) is 1.82. The zero-order valence-electron chi connectivity index (χ0n) is 14.8. The molecule has 0 fully saturated rings. The lowest BCUT2D eigenvalue weighted by Crippen LogP contribution is -2.14. The quantitative estimate of drug-likeness (QED) is 0.758. The van der Waals surface area contributed by atoms with E-state index < -0.39 is 6.10 Å². The summed E-state index contributed by atoms with van der Waals surface area (Å²) in [4.78, 5) is 13.0. The molecule has 1 atom stereocenters. The van der Waals surface area contributed by atoms with Crippen molar-refractivity contribution in [3.8, 4) is 0 Å². The number of hydrogen-bond acceptors (Lipinski definition) is 5. The van der Waals surface area contributed by atoms with E-state index in [2.05, 4.69) is 27.4 Å². The predicted octanol–water partition coefficient (Wildman–Crippen LogP) is 3.33. The van der Waals surface area contributed by atoms with Gasteiger partial charge in [0.15, 0.2) is 0 Å². The summed E-state index contributed by atoms with van der Waals surface area (Å²) in [6.07, 6.45) is 12.8. The van der Waals surface area contributed by atoms with Gasteiger partial charge in [-0.1, -0.05) is 24.6 Å². The first-order valence-electron chi connectivity index (χ1n) is 9.08. The zero-order chi connectivity index (χ0) is 17.5. The molecule has 3 heterocycles. The summed E-state index contributed by atoms with van der Waals surface area (Å²) in [5, 5.41) is 13.4. The van der Waals surface area contributed by atoms with Crippen molar-refractivity contribution in [1.82, 2.24) is 15.0 Å². The number of aliphatic hydroxyl groups is 1. The normalized spacial score (nSPS) is 15.0. The highest BCUT2D eigenvalue weighted by molar-refractivity contribution is 5.47. The highest BCUT2D eigenvalue weighted by Crippen LogP contribution is 2.20. The number of unbranched alkanes of at least 4 members (excludes halogenated alkanes) is 1. The number of hydrogen-bond donors (Lipinski definition) is 2. The smallest absolute Gasteiger partial charge is 0.129 e. The minimum Gasteiger partial charge on any atom is -0.389 e. The van der Waals surface area contributed by atoms with Crippen molar-refractivity contribution in [3.05, 3.63) is 53.2 Å². The van der Waals surface area contributed by atoms with E-state index in [9.17, 15) is 5.11 Å². The molecule has 0 spiro atoms. The molecule has 0 radical (unpaired) electrons. The first-order valence-corrected chi connectivity index (χ1v) is 9.08. The number of rotatable bonds is 7. The molecule has 0 aromatic carbocycles. The highest BCUT2D eigenvalue weighted by Gasteiger charge is 2.10. The second-order valence-corrected chi connectivity index (χ2v) is 6.58. The van der Waals surface area contributed by atoms with E-state index in [1.807, 2.05) is 19.1 Å². The molecule has 0 amide bonds. The third-order valence-electron chi connectivity index (χ3n) is 4.45. The molecule has 0 saturated heterocycles. The van der Waals surface area contributed by atoms with Gasteiger partial charge in [0.2, 0.25) is 0 Å². The van der Waals surface area contributed by atoms with Crippen LogP contribution in [0.4, 0.5) is 5.82 Å². The number of fused-ring (bicyclic) bond motifs is 1. The molecule has 3 rings (SSSR count). The first kappa shape index (κ1) is 17.5. The second kappa shape index (κ2) is 8.72. The topological polar surface area (TPSA) is 70.9 Å². The van der Waals surface area contributed by atoms with Crippen molar-refractivity contribution >= 4 is 11.9 Å². The van der Waals surface area contributed by atoms with Crippen molar-refractivity contribution in [1.29, 1.82) is 0 Å². The zero-order valence-corrected chi connectivity index (χ0v) is 14.8. The number of aliphatic hydroxyl groups excluding tert-OH is 1. The molecule has 2 aromatic rings. The van der Waals surface area contributed by atoms with Crippen LogP contribution in [0.2, 0.25) is 0 Å². The minimum atomic E-state index is -0.431. The fraction of sp³-hybridized carbons (Fsp3) is 0.450. The van der Waals surface area contributed by atoms with Gasteiger partial charge in [-0.25, -0.2) is 15.0 Å². The average Bonchev–Trinajstić information content (AvgIpc) is 2.64. The molecule has 1 aliphatic heterocycles. The van der Waals surface area contributed by atoms with Crippen LogP contribution in [0.3, 0.4) is 0 Å². The molecule has 2 N–H and O–H groups in total. The predicted molar refractivity (Wildman–Crippen MR) is 100 cm³/mol. The van der Waals surface area contributed by atoms with Crippen molar-refractivity contribution < 1.29 is 5.11 Å². The first-order chi connectivity index (χ1) is 12.2. The van der Waals surface area contributed by atoms with Gasteiger partial charge >= 0.3 is 0 Å². The molecule has 5 nitrogen and oxygen atoms in total. The van der Waals surface area contributed by atoms with Gasteiger partial charge in [0.25, 0.3) is 0 Å². The van der Waals surface area contributed by atoms with Gasteiger partial charge in [-0.15, -0.1) is 0 Å². The molecule has 1 aliphatic rings. The van der Waals surface area contributed by atoms with E-state index in [4.69, 9.17) is 4.98 Å². The lowest BCUT2D eigenvalue weighted by molar-refractivity contribution is 0.209. The molecular weight excluding hydrogens is 312 g/mol. The average molecular weight is 338 g/mol. The van der Waals surface area contributed by atoms with Gasteiger partial charge in [0, 0.05) is 30.2 Å². The highest BCUT2D eigenvalue weighted by atomic mass is 16.3. The van der Waals surface area contributed by atoms with E-state index in [0.717, 1.165) is 61.5 Å². The fourth-order valence-corrected chi connectivity index (χ4v) is 2.97. The van der Waals surface area contributed by atoms with Crippen LogP contribution in [0, 0.1) is 6.92 Å². The fourth-order valence-electron chi connectivity index (χ4n) is 2.97. The van der Waals surface area contributed by atoms with Crippen LogP contribution in [0.15, 0.2) is 30.6 Å². The third kappa shape index (κ3) is 5.36. The Morgan fingerprint density at radius 1 is 1.24 bits per heavy atom. The van der Waals surface area contributed by atoms with Gasteiger partial charge in [0.05, 0.1) is 6.10 Å². The summed E-state index contributed by atoms with van der Waals surface area (Å²) < 4.78 is 0. The number of pyridine rings is 1. The van der Waals surface area contributed by atoms with E-state index >= 15 is 0 Å². The van der Waals surface area contributed by atoms with Crippen LogP contribution in [0.5, 0.6) is 0 Å². The standard InChI is InChI=1S/C20H26N4O/c1-15-22-13-16(14-23-15)8-11-19(25)7-3-2-6-18-10-9-17-5-4-12-21-20(17)24-18/h8-11,13-14,19,25H,2-7,12H2,1H3,(H,21,24)/b11-8+. The van der Waals surface area contributed by atoms with Gasteiger partial charge in [-0.05, 0) is 50.7 Å². The van der Waals surface area contributed by atoms with Crippen LogP contribution in [-0.4, -0.2) is 32.7 Å². The monoisotopic (exact) mass is 338 g/mol. The minimum absolute atomic E-state index is 0.431. The molecule has 0 bridgehead atoms. The van der Waals surface area contributed by atoms with Gasteiger partial charge in [-0.2, -0.15) is 0 Å². The maximum Gasteiger partial charge on any atom is 0.129 e. The molecule has 1 unspecified atom stereocenters. The molecule has 0 aliphatic carbocycles. The van der Waals surface area contributed by atoms with Crippen molar-refractivity contribution in [2.75, 3.05) is 11.9 Å². The molecule has 132 valence electrons. The van der Waals surface area contributed by atoms with Gasteiger partial charge < -0.3 is 10.4 Å². The van der Waals surface area contributed by atoms with Gasteiger partial charge in [0.1, 0.15) is 11.6 Å². The summed E-state index contributed by atoms with van der Waals surface area (Å²) in [7, 11) is 0. The Hall–Kier alpha value is -2.27. The van der Waals surface area contributed by atoms with Crippen LogP contribution in [0.25, 0.3) is 6.08 Å². The van der Waals surface area contributed by atoms with Crippen molar-refractivity contribution in [2.24, 2.45) is 0 Å². The largest absolute Gasteiger partial charge is 0.389 e. The summed E-state index contributed by atoms with van der Waals surface area (Å²) in [5.41, 5.74) is 3.38. The summed E-state index contributed by atoms with van der Waals surface area (Å²) in [6.45, 7) is 2.88.